The Labute approximate surface area is 159 Å². The van der Waals surface area contributed by atoms with Crippen molar-refractivity contribution < 1.29 is 22.7 Å². The number of carbonyl (C=O) groups excluding carboxylic acids is 1. The molecule has 0 aliphatic carbocycles. The second kappa shape index (κ2) is 7.61. The summed E-state index contributed by atoms with van der Waals surface area (Å²) in [5, 5.41) is 10.3. The molecule has 1 heterocycles. The smallest absolute Gasteiger partial charge is 0.416 e. The van der Waals surface area contributed by atoms with Crippen molar-refractivity contribution in [2.75, 3.05) is 7.11 Å². The quantitative estimate of drug-likeness (QED) is 0.475. The summed E-state index contributed by atoms with van der Waals surface area (Å²) in [4.78, 5) is 11.6. The molecule has 0 unspecified atom stereocenters. The van der Waals surface area contributed by atoms with Crippen LogP contribution in [0.5, 0.6) is 0 Å². The topological polar surface area (TPSA) is 55.0 Å². The van der Waals surface area contributed by atoms with Crippen LogP contribution in [0.3, 0.4) is 0 Å². The van der Waals surface area contributed by atoms with Gasteiger partial charge < -0.3 is 9.30 Å². The van der Waals surface area contributed by atoms with E-state index in [9.17, 15) is 23.2 Å². The van der Waals surface area contributed by atoms with Crippen molar-refractivity contribution in [2.45, 2.75) is 12.7 Å². The van der Waals surface area contributed by atoms with E-state index in [1.54, 1.807) is 16.8 Å². The lowest BCUT2D eigenvalue weighted by atomic mass is 10.0. The summed E-state index contributed by atoms with van der Waals surface area (Å²) in [6.45, 7) is 0.00696. The van der Waals surface area contributed by atoms with Gasteiger partial charge in [-0.3, -0.25) is 4.79 Å². The molecule has 4 nitrogen and oxygen atoms in total. The maximum Gasteiger partial charge on any atom is 0.416 e. The van der Waals surface area contributed by atoms with Crippen LogP contribution in [-0.4, -0.2) is 17.6 Å². The van der Waals surface area contributed by atoms with Crippen LogP contribution in [0, 0.1) is 11.3 Å². The molecule has 0 saturated heterocycles. The number of halogens is 3. The van der Waals surface area contributed by atoms with Gasteiger partial charge in [0.25, 0.3) is 0 Å². The van der Waals surface area contributed by atoms with Crippen molar-refractivity contribution in [3.63, 3.8) is 0 Å². The summed E-state index contributed by atoms with van der Waals surface area (Å²) in [7, 11) is 1.30. The molecule has 0 aliphatic rings. The van der Waals surface area contributed by atoms with Crippen LogP contribution in [0.2, 0.25) is 0 Å². The summed E-state index contributed by atoms with van der Waals surface area (Å²) in [6.07, 6.45) is -1.13. The van der Waals surface area contributed by atoms with Gasteiger partial charge in [-0.15, -0.1) is 0 Å². The standard InChI is InChI=1S/C21H15F3N2O2/c1-28-20(27)13-26-12-16(18-4-2-3-5-19(18)26)10-15(11-25)14-6-8-17(9-7-14)21(22,23)24/h2-10,12H,13H2,1H3/b15-10-. The molecule has 2 aromatic carbocycles. The van der Waals surface area contributed by atoms with Crippen molar-refractivity contribution in [3.05, 3.63) is 71.4 Å². The van der Waals surface area contributed by atoms with Crippen molar-refractivity contribution in [1.29, 1.82) is 5.26 Å². The summed E-state index contributed by atoms with van der Waals surface area (Å²) in [5.74, 6) is -0.417. The highest BCUT2D eigenvalue weighted by Gasteiger charge is 2.30. The second-order valence-corrected chi connectivity index (χ2v) is 6.05. The Hall–Kier alpha value is -3.53. The Morgan fingerprint density at radius 3 is 2.46 bits per heavy atom. The number of esters is 1. The molecule has 3 aromatic rings. The minimum atomic E-state index is -4.43. The average molecular weight is 384 g/mol. The van der Waals surface area contributed by atoms with Gasteiger partial charge >= 0.3 is 12.1 Å². The van der Waals surface area contributed by atoms with E-state index < -0.39 is 17.7 Å². The first-order valence-corrected chi connectivity index (χ1v) is 8.27. The first kappa shape index (κ1) is 19.2. The zero-order valence-electron chi connectivity index (χ0n) is 14.8. The number of allylic oxidation sites excluding steroid dienone is 1. The van der Waals surface area contributed by atoms with Crippen LogP contribution in [0.25, 0.3) is 22.6 Å². The number of ether oxygens (including phenoxy) is 1. The Balaban J connectivity index is 2.05. The average Bonchev–Trinajstić information content (AvgIpc) is 3.03. The van der Waals surface area contributed by atoms with Gasteiger partial charge in [0, 0.05) is 22.7 Å². The summed E-state index contributed by atoms with van der Waals surface area (Å²) < 4.78 is 44.6. The van der Waals surface area contributed by atoms with E-state index in [1.807, 2.05) is 30.3 Å². The van der Waals surface area contributed by atoms with E-state index in [4.69, 9.17) is 4.74 Å². The van der Waals surface area contributed by atoms with Crippen LogP contribution < -0.4 is 0 Å². The molecule has 3 rings (SSSR count). The molecule has 0 N–H and O–H groups in total. The number of nitriles is 1. The van der Waals surface area contributed by atoms with Crippen LogP contribution in [-0.2, 0) is 22.3 Å². The number of hydrogen-bond acceptors (Lipinski definition) is 3. The molecule has 28 heavy (non-hydrogen) atoms. The minimum absolute atomic E-state index is 0.00696. The number of methoxy groups -OCH3 is 1. The first-order valence-electron chi connectivity index (χ1n) is 8.27. The number of alkyl halides is 3. The molecule has 0 spiro atoms. The van der Waals surface area contributed by atoms with Crippen LogP contribution >= 0.6 is 0 Å². The molecular weight excluding hydrogens is 369 g/mol. The lowest BCUT2D eigenvalue weighted by Crippen LogP contribution is -2.10. The Kier molecular flexibility index (Phi) is 5.23. The number of nitrogens with zero attached hydrogens (tertiary/aromatic N) is 2. The van der Waals surface area contributed by atoms with Gasteiger partial charge in [0.05, 0.1) is 24.3 Å². The van der Waals surface area contributed by atoms with Gasteiger partial charge in [0.15, 0.2) is 0 Å². The largest absolute Gasteiger partial charge is 0.468 e. The Bertz CT molecular complexity index is 1090. The number of rotatable bonds is 4. The molecule has 1 aromatic heterocycles. The maximum atomic E-state index is 12.7. The van der Waals surface area contributed by atoms with Gasteiger partial charge in [-0.25, -0.2) is 0 Å². The van der Waals surface area contributed by atoms with Gasteiger partial charge in [-0.2, -0.15) is 18.4 Å². The van der Waals surface area contributed by atoms with Crippen LogP contribution in [0.15, 0.2) is 54.7 Å². The van der Waals surface area contributed by atoms with E-state index >= 15 is 0 Å². The van der Waals surface area contributed by atoms with E-state index in [1.165, 1.54) is 19.2 Å². The third kappa shape index (κ3) is 3.91. The highest BCUT2D eigenvalue weighted by atomic mass is 19.4. The zero-order valence-corrected chi connectivity index (χ0v) is 14.8. The summed E-state index contributed by atoms with van der Waals surface area (Å²) in [5.41, 5.74) is 1.28. The molecule has 0 fully saturated rings. The Morgan fingerprint density at radius 2 is 1.86 bits per heavy atom. The Morgan fingerprint density at radius 1 is 1.18 bits per heavy atom. The number of aromatic nitrogens is 1. The molecule has 0 bridgehead atoms. The number of benzene rings is 2. The van der Waals surface area contributed by atoms with Gasteiger partial charge in [-0.05, 0) is 29.8 Å². The fraction of sp³-hybridized carbons (Fsp3) is 0.143. The fourth-order valence-corrected chi connectivity index (χ4v) is 2.90. The van der Waals surface area contributed by atoms with Crippen molar-refractivity contribution in [1.82, 2.24) is 4.57 Å². The van der Waals surface area contributed by atoms with E-state index in [-0.39, 0.29) is 12.1 Å². The molecule has 142 valence electrons. The molecule has 0 atom stereocenters. The third-order valence-corrected chi connectivity index (χ3v) is 4.29. The molecule has 0 amide bonds. The van der Waals surface area contributed by atoms with E-state index in [0.717, 1.165) is 23.0 Å². The predicted molar refractivity (Wildman–Crippen MR) is 98.9 cm³/mol. The zero-order chi connectivity index (χ0) is 20.3. The molecule has 0 radical (unpaired) electrons. The second-order valence-electron chi connectivity index (χ2n) is 6.05. The first-order chi connectivity index (χ1) is 13.3. The number of para-hydroxylation sites is 1. The van der Waals surface area contributed by atoms with Crippen molar-refractivity contribution in [2.24, 2.45) is 0 Å². The summed E-state index contributed by atoms with van der Waals surface area (Å²) >= 11 is 0. The van der Waals surface area contributed by atoms with Gasteiger partial charge in [-0.1, -0.05) is 30.3 Å². The SMILES string of the molecule is COC(=O)Cn1cc(/C=C(/C#N)c2ccc(C(F)(F)F)cc2)c2ccccc21. The molecule has 0 aliphatic heterocycles. The van der Waals surface area contributed by atoms with Crippen molar-refractivity contribution >= 4 is 28.5 Å². The fourth-order valence-electron chi connectivity index (χ4n) is 2.90. The van der Waals surface area contributed by atoms with Crippen LogP contribution in [0.1, 0.15) is 16.7 Å². The molecule has 7 heteroatoms. The normalized spacial score (nSPS) is 12.0. The highest BCUT2D eigenvalue weighted by Crippen LogP contribution is 2.31. The lowest BCUT2D eigenvalue weighted by Gasteiger charge is -2.07. The van der Waals surface area contributed by atoms with Gasteiger partial charge in [0.1, 0.15) is 6.54 Å². The van der Waals surface area contributed by atoms with Crippen LogP contribution in [0.4, 0.5) is 13.2 Å². The number of hydrogen-bond donors (Lipinski definition) is 0. The molecular formula is C21H15F3N2O2. The van der Waals surface area contributed by atoms with Gasteiger partial charge in [0.2, 0.25) is 0 Å². The van der Waals surface area contributed by atoms with E-state index in [0.29, 0.717) is 11.1 Å². The molecule has 0 saturated carbocycles. The lowest BCUT2D eigenvalue weighted by molar-refractivity contribution is -0.141. The van der Waals surface area contributed by atoms with E-state index in [2.05, 4.69) is 0 Å². The third-order valence-electron chi connectivity index (χ3n) is 4.29. The van der Waals surface area contributed by atoms with Crippen molar-refractivity contribution in [3.8, 4) is 6.07 Å². The summed E-state index contributed by atoms with van der Waals surface area (Å²) in [6, 6.07) is 13.8. The maximum absolute atomic E-state index is 12.7. The number of fused-ring (bicyclic) bond motifs is 1. The number of carbonyl (C=O) groups is 1. The monoisotopic (exact) mass is 384 g/mol. The highest BCUT2D eigenvalue weighted by molar-refractivity contribution is 5.98. The minimum Gasteiger partial charge on any atom is -0.468 e. The predicted octanol–water partition coefficient (Wildman–Crippen LogP) is 4.90.